The highest BCUT2D eigenvalue weighted by molar-refractivity contribution is 6.05. The lowest BCUT2D eigenvalue weighted by Gasteiger charge is -2.31. The second kappa shape index (κ2) is 11.0. The highest BCUT2D eigenvalue weighted by Crippen LogP contribution is 2.40. The molecule has 0 saturated carbocycles. The van der Waals surface area contributed by atoms with Gasteiger partial charge in [0.2, 0.25) is 0 Å². The van der Waals surface area contributed by atoms with Crippen molar-refractivity contribution in [1.29, 1.82) is 0 Å². The Labute approximate surface area is 211 Å². The number of carbonyl (C=O) groups is 2. The molecule has 0 heterocycles. The fourth-order valence-corrected chi connectivity index (χ4v) is 4.96. The third-order valence-corrected chi connectivity index (χ3v) is 7.31. The maximum absolute atomic E-state index is 13.2. The highest BCUT2D eigenvalue weighted by Gasteiger charge is 2.41. The number of carbonyl (C=O) groups excluding carboxylic acids is 2. The van der Waals surface area contributed by atoms with Crippen molar-refractivity contribution in [3.63, 3.8) is 0 Å². The summed E-state index contributed by atoms with van der Waals surface area (Å²) in [7, 11) is 0. The van der Waals surface area contributed by atoms with E-state index < -0.39 is 5.41 Å². The van der Waals surface area contributed by atoms with Crippen molar-refractivity contribution in [2.45, 2.75) is 106 Å². The van der Waals surface area contributed by atoms with Gasteiger partial charge in [-0.15, -0.1) is 0 Å². The van der Waals surface area contributed by atoms with Crippen LogP contribution in [-0.4, -0.2) is 21.8 Å². The molecular weight excluding hydrogens is 436 g/mol. The van der Waals surface area contributed by atoms with E-state index in [0.717, 1.165) is 33.4 Å². The van der Waals surface area contributed by atoms with E-state index in [-0.39, 0.29) is 48.1 Å². The first-order valence-corrected chi connectivity index (χ1v) is 12.9. The SMILES string of the molecule is CC(=O)C(Cc1cc(C(C)C)c(O)c(C(C)C)c1)(Cc1cc(C(C)C)c(O)c(C(C)C)c1)C(C)=O. The molecule has 0 fully saturated rings. The van der Waals surface area contributed by atoms with Gasteiger partial charge in [-0.05, 0) is 83.7 Å². The summed E-state index contributed by atoms with van der Waals surface area (Å²) in [6.07, 6.45) is 0.540. The molecule has 0 aliphatic rings. The molecule has 0 saturated heterocycles. The number of phenolic OH excluding ortho intramolecular Hbond substituents is 2. The third-order valence-electron chi connectivity index (χ3n) is 7.31. The average molecular weight is 481 g/mol. The van der Waals surface area contributed by atoms with Crippen LogP contribution in [0.2, 0.25) is 0 Å². The molecule has 4 heteroatoms. The minimum atomic E-state index is -1.22. The summed E-state index contributed by atoms with van der Waals surface area (Å²) in [4.78, 5) is 26.4. The molecule has 0 unspecified atom stereocenters. The predicted molar refractivity (Wildman–Crippen MR) is 144 cm³/mol. The van der Waals surface area contributed by atoms with Gasteiger partial charge in [-0.3, -0.25) is 9.59 Å². The Balaban J connectivity index is 2.71. The number of phenols is 2. The number of benzene rings is 2. The van der Waals surface area contributed by atoms with Gasteiger partial charge in [0.25, 0.3) is 0 Å². The molecule has 0 bridgehead atoms. The van der Waals surface area contributed by atoms with Crippen molar-refractivity contribution in [2.24, 2.45) is 5.41 Å². The molecule has 0 aliphatic heterocycles. The van der Waals surface area contributed by atoms with E-state index >= 15 is 0 Å². The van der Waals surface area contributed by atoms with Crippen LogP contribution in [0.25, 0.3) is 0 Å². The Hall–Kier alpha value is -2.62. The van der Waals surface area contributed by atoms with E-state index in [1.807, 2.05) is 79.7 Å². The van der Waals surface area contributed by atoms with Crippen LogP contribution in [0.4, 0.5) is 0 Å². The Morgan fingerprint density at radius 2 is 0.829 bits per heavy atom. The van der Waals surface area contributed by atoms with Gasteiger partial charge in [0.05, 0.1) is 5.41 Å². The van der Waals surface area contributed by atoms with Crippen molar-refractivity contribution >= 4 is 11.6 Å². The molecule has 2 aromatic carbocycles. The topological polar surface area (TPSA) is 74.6 Å². The van der Waals surface area contributed by atoms with Crippen LogP contribution in [0, 0.1) is 5.41 Å². The lowest BCUT2D eigenvalue weighted by molar-refractivity contribution is -0.138. The largest absolute Gasteiger partial charge is 0.507 e. The summed E-state index contributed by atoms with van der Waals surface area (Å²) < 4.78 is 0. The van der Waals surface area contributed by atoms with E-state index in [2.05, 4.69) is 0 Å². The second-order valence-corrected chi connectivity index (χ2v) is 11.4. The first-order valence-electron chi connectivity index (χ1n) is 12.9. The van der Waals surface area contributed by atoms with Gasteiger partial charge >= 0.3 is 0 Å². The van der Waals surface area contributed by atoms with Crippen molar-refractivity contribution < 1.29 is 19.8 Å². The van der Waals surface area contributed by atoms with Gasteiger partial charge in [-0.25, -0.2) is 0 Å². The first-order chi connectivity index (χ1) is 16.1. The highest BCUT2D eigenvalue weighted by atomic mass is 16.3. The van der Waals surface area contributed by atoms with Crippen LogP contribution in [0.3, 0.4) is 0 Å². The summed E-state index contributed by atoms with van der Waals surface area (Å²) in [5, 5.41) is 21.7. The van der Waals surface area contributed by atoms with E-state index in [0.29, 0.717) is 11.5 Å². The second-order valence-electron chi connectivity index (χ2n) is 11.4. The Kier molecular flexibility index (Phi) is 8.97. The quantitative estimate of drug-likeness (QED) is 0.344. The number of rotatable bonds is 10. The first kappa shape index (κ1) is 28.6. The molecule has 0 aromatic heterocycles. The molecule has 2 aromatic rings. The van der Waals surface area contributed by atoms with Crippen LogP contribution in [-0.2, 0) is 22.4 Å². The summed E-state index contributed by atoms with van der Waals surface area (Å²) in [5.41, 5.74) is 3.88. The molecule has 2 rings (SSSR count). The van der Waals surface area contributed by atoms with Crippen LogP contribution < -0.4 is 0 Å². The summed E-state index contributed by atoms with van der Waals surface area (Å²) in [5.74, 6) is 0.702. The standard InChI is InChI=1S/C31H44O4/c1-17(2)25-11-23(12-26(18(3)4)29(25)34)15-31(21(9)32,22(10)33)16-24-13-27(19(5)6)30(35)28(14-24)20(7)8/h11-14,17-20,34-35H,15-16H2,1-10H3. The number of Topliss-reactive ketones (excluding diaryl/α,β-unsaturated/α-hetero) is 2. The van der Waals surface area contributed by atoms with Crippen molar-refractivity contribution in [2.75, 3.05) is 0 Å². The molecule has 4 nitrogen and oxygen atoms in total. The maximum atomic E-state index is 13.2. The number of ketones is 2. The fourth-order valence-electron chi connectivity index (χ4n) is 4.96. The molecule has 192 valence electrons. The zero-order valence-electron chi connectivity index (χ0n) is 23.2. The third kappa shape index (κ3) is 5.97. The normalized spacial score (nSPS) is 12.3. The van der Waals surface area contributed by atoms with E-state index in [9.17, 15) is 19.8 Å². The van der Waals surface area contributed by atoms with Crippen molar-refractivity contribution in [3.8, 4) is 11.5 Å². The van der Waals surface area contributed by atoms with Gasteiger partial charge in [0.15, 0.2) is 0 Å². The molecule has 0 atom stereocenters. The van der Waals surface area contributed by atoms with Crippen LogP contribution in [0.1, 0.15) is 126 Å². The van der Waals surface area contributed by atoms with E-state index in [1.54, 1.807) is 0 Å². The van der Waals surface area contributed by atoms with Crippen LogP contribution >= 0.6 is 0 Å². The lowest BCUT2D eigenvalue weighted by atomic mass is 9.70. The van der Waals surface area contributed by atoms with Gasteiger partial charge in [0, 0.05) is 0 Å². The smallest absolute Gasteiger partial charge is 0.144 e. The van der Waals surface area contributed by atoms with Gasteiger partial charge in [-0.2, -0.15) is 0 Å². The lowest BCUT2D eigenvalue weighted by Crippen LogP contribution is -2.41. The molecule has 35 heavy (non-hydrogen) atoms. The average Bonchev–Trinajstić information content (AvgIpc) is 2.73. The van der Waals surface area contributed by atoms with E-state index in [1.165, 1.54) is 13.8 Å². The molecule has 0 amide bonds. The van der Waals surface area contributed by atoms with Crippen molar-refractivity contribution in [3.05, 3.63) is 57.6 Å². The zero-order valence-corrected chi connectivity index (χ0v) is 23.2. The maximum Gasteiger partial charge on any atom is 0.144 e. The molecule has 2 N–H and O–H groups in total. The summed E-state index contributed by atoms with van der Waals surface area (Å²) >= 11 is 0. The molecule has 0 aliphatic carbocycles. The van der Waals surface area contributed by atoms with Gasteiger partial charge in [-0.1, -0.05) is 79.7 Å². The van der Waals surface area contributed by atoms with E-state index in [4.69, 9.17) is 0 Å². The fraction of sp³-hybridized carbons (Fsp3) is 0.548. The van der Waals surface area contributed by atoms with Gasteiger partial charge in [0.1, 0.15) is 23.1 Å². The number of hydrogen-bond donors (Lipinski definition) is 2. The number of hydrogen-bond acceptors (Lipinski definition) is 4. The van der Waals surface area contributed by atoms with Crippen molar-refractivity contribution in [1.82, 2.24) is 0 Å². The Morgan fingerprint density at radius 1 is 0.600 bits per heavy atom. The minimum absolute atomic E-state index is 0.107. The summed E-state index contributed by atoms with van der Waals surface area (Å²) in [6, 6.07) is 7.79. The molecule has 0 spiro atoms. The van der Waals surface area contributed by atoms with Gasteiger partial charge < -0.3 is 10.2 Å². The Bertz CT molecular complexity index is 944. The zero-order chi connectivity index (χ0) is 26.8. The number of aromatic hydroxyl groups is 2. The van der Waals surface area contributed by atoms with Crippen LogP contribution in [0.5, 0.6) is 11.5 Å². The monoisotopic (exact) mass is 480 g/mol. The molecule has 0 radical (unpaired) electrons. The summed E-state index contributed by atoms with van der Waals surface area (Å²) in [6.45, 7) is 19.3. The van der Waals surface area contributed by atoms with Crippen LogP contribution in [0.15, 0.2) is 24.3 Å². The minimum Gasteiger partial charge on any atom is -0.507 e. The predicted octanol–water partition coefficient (Wildman–Crippen LogP) is 7.54. The molecular formula is C31H44O4. The Morgan fingerprint density at radius 3 is 1.00 bits per heavy atom.